The van der Waals surface area contributed by atoms with E-state index in [2.05, 4.69) is 15.5 Å². The van der Waals surface area contributed by atoms with Crippen LogP contribution >= 0.6 is 0 Å². The third-order valence-corrected chi connectivity index (χ3v) is 5.61. The smallest absolute Gasteiger partial charge is 0.262 e. The highest BCUT2D eigenvalue weighted by atomic mass is 32.2. The fourth-order valence-electron chi connectivity index (χ4n) is 2.44. The molecule has 1 atom stereocenters. The largest absolute Gasteiger partial charge is 0.348 e. The van der Waals surface area contributed by atoms with E-state index in [1.54, 1.807) is 18.2 Å². The lowest BCUT2D eigenvalue weighted by Gasteiger charge is -2.11. The van der Waals surface area contributed by atoms with Crippen LogP contribution in [-0.2, 0) is 26.2 Å². The highest BCUT2D eigenvalue weighted by Gasteiger charge is 2.15. The van der Waals surface area contributed by atoms with Gasteiger partial charge in [0, 0.05) is 23.7 Å². The lowest BCUT2D eigenvalue weighted by molar-refractivity contribution is -0.119. The molecule has 0 saturated heterocycles. The maximum Gasteiger partial charge on any atom is 0.262 e. The van der Waals surface area contributed by atoms with Crippen LogP contribution in [0.2, 0.25) is 0 Å². The zero-order valence-corrected chi connectivity index (χ0v) is 17.4. The summed E-state index contributed by atoms with van der Waals surface area (Å²) in [6, 6.07) is 12.7. The van der Waals surface area contributed by atoms with Crippen LogP contribution in [0, 0.1) is 5.92 Å². The van der Waals surface area contributed by atoms with E-state index in [4.69, 9.17) is 0 Å². The fourth-order valence-corrected chi connectivity index (χ4v) is 3.25. The predicted octanol–water partition coefficient (Wildman–Crippen LogP) is 2.44. The van der Waals surface area contributed by atoms with Gasteiger partial charge in [-0.3, -0.25) is 14.4 Å². The zero-order valence-electron chi connectivity index (χ0n) is 16.6. The van der Waals surface area contributed by atoms with Crippen molar-refractivity contribution in [3.8, 4) is 0 Å². The van der Waals surface area contributed by atoms with Crippen LogP contribution in [0.4, 0.5) is 5.69 Å². The van der Waals surface area contributed by atoms with Crippen molar-refractivity contribution >= 4 is 27.5 Å². The van der Waals surface area contributed by atoms with Gasteiger partial charge in [0.15, 0.2) is 0 Å². The van der Waals surface area contributed by atoms with Gasteiger partial charge in [0.25, 0.3) is 15.9 Å². The van der Waals surface area contributed by atoms with E-state index >= 15 is 0 Å². The van der Waals surface area contributed by atoms with E-state index in [0.717, 1.165) is 12.0 Å². The van der Waals surface area contributed by atoms with Crippen LogP contribution in [0.5, 0.6) is 0 Å². The van der Waals surface area contributed by atoms with Crippen molar-refractivity contribution in [2.24, 2.45) is 5.92 Å². The van der Waals surface area contributed by atoms with Crippen LogP contribution < -0.4 is 15.5 Å². The van der Waals surface area contributed by atoms with Crippen LogP contribution in [0.3, 0.4) is 0 Å². The Morgan fingerprint density at radius 1 is 1.10 bits per heavy atom. The Morgan fingerprint density at radius 2 is 1.79 bits per heavy atom. The van der Waals surface area contributed by atoms with Crippen molar-refractivity contribution in [1.29, 1.82) is 0 Å². The van der Waals surface area contributed by atoms with Gasteiger partial charge in [-0.05, 0) is 48.4 Å². The topological polar surface area (TPSA) is 114 Å². The molecule has 29 heavy (non-hydrogen) atoms. The summed E-state index contributed by atoms with van der Waals surface area (Å²) in [7, 11) is -2.57. The van der Waals surface area contributed by atoms with E-state index in [0.29, 0.717) is 11.3 Å². The fraction of sp³-hybridized carbons (Fsp3) is 0.300. The maximum atomic E-state index is 12.3. The summed E-state index contributed by atoms with van der Waals surface area (Å²) in [4.78, 5) is 30.7. The zero-order chi connectivity index (χ0) is 21.4. The molecule has 0 radical (unpaired) electrons. The summed E-state index contributed by atoms with van der Waals surface area (Å²) in [6.07, 6.45) is 0.753. The summed E-state index contributed by atoms with van der Waals surface area (Å²) in [5.74, 6) is -0.474. The molecule has 0 heterocycles. The minimum atomic E-state index is -3.77. The Balaban J connectivity index is 1.99. The highest BCUT2D eigenvalue weighted by Crippen LogP contribution is 2.14. The van der Waals surface area contributed by atoms with Gasteiger partial charge in [0.05, 0.1) is 12.0 Å². The summed E-state index contributed by atoms with van der Waals surface area (Å²) in [5, 5.41) is 5.63. The average molecular weight is 420 g/mol. The molecule has 0 saturated carbocycles. The second-order valence-electron chi connectivity index (χ2n) is 6.50. The molecule has 0 fully saturated rings. The van der Waals surface area contributed by atoms with E-state index < -0.39 is 10.0 Å². The van der Waals surface area contributed by atoms with Crippen molar-refractivity contribution in [3.63, 3.8) is 0 Å². The Bertz CT molecular complexity index is 958. The van der Waals surface area contributed by atoms with Crippen molar-refractivity contribution in [3.05, 3.63) is 59.7 Å². The number of hydrogen-bond donors (Lipinski definition) is 3. The number of carbonyl (C=O) groups excluding carboxylic acids is 2. The van der Waals surface area contributed by atoms with Gasteiger partial charge in [0.2, 0.25) is 5.91 Å². The maximum absolute atomic E-state index is 12.3. The molecule has 1 unspecified atom stereocenters. The third-order valence-electron chi connectivity index (χ3n) is 4.33. The molecule has 2 aromatic rings. The molecule has 0 aliphatic carbocycles. The number of hydrogen-bond acceptors (Lipinski definition) is 5. The second kappa shape index (κ2) is 10.1. The minimum absolute atomic E-state index is 0.0133. The van der Waals surface area contributed by atoms with Crippen molar-refractivity contribution in [2.75, 3.05) is 12.4 Å². The SMILES string of the molecule is CCC(C)C(=O)Nc1cccc(CNC(=O)c2ccc(S(=O)(=O)NOC)cc2)c1. The van der Waals surface area contributed by atoms with Gasteiger partial charge in [0.1, 0.15) is 0 Å². The Labute approximate surface area is 170 Å². The van der Waals surface area contributed by atoms with Gasteiger partial charge in [-0.15, -0.1) is 0 Å². The molecule has 0 aliphatic heterocycles. The molecular formula is C20H25N3O5S. The Kier molecular flexibility index (Phi) is 7.89. The van der Waals surface area contributed by atoms with Gasteiger partial charge >= 0.3 is 0 Å². The standard InChI is InChI=1S/C20H25N3O5S/c1-4-14(2)19(24)22-17-7-5-6-15(12-17)13-21-20(25)16-8-10-18(11-9-16)29(26,27)23-28-3/h5-12,14,23H,4,13H2,1-3H3,(H,21,25)(H,22,24). The summed E-state index contributed by atoms with van der Waals surface area (Å²) in [6.45, 7) is 4.07. The van der Waals surface area contributed by atoms with Gasteiger partial charge in [-0.1, -0.05) is 30.9 Å². The number of benzene rings is 2. The van der Waals surface area contributed by atoms with E-state index in [1.807, 2.05) is 24.8 Å². The molecule has 2 rings (SSSR count). The molecule has 0 spiro atoms. The molecule has 156 valence electrons. The van der Waals surface area contributed by atoms with E-state index in [1.165, 1.54) is 31.4 Å². The Morgan fingerprint density at radius 3 is 2.41 bits per heavy atom. The monoisotopic (exact) mass is 419 g/mol. The van der Waals surface area contributed by atoms with Crippen LogP contribution in [0.1, 0.15) is 36.2 Å². The molecule has 0 bridgehead atoms. The number of sulfonamides is 1. The first-order chi connectivity index (χ1) is 13.8. The number of anilines is 1. The molecule has 9 heteroatoms. The van der Waals surface area contributed by atoms with Crippen molar-refractivity contribution in [1.82, 2.24) is 10.2 Å². The molecule has 3 N–H and O–H groups in total. The minimum Gasteiger partial charge on any atom is -0.348 e. The number of rotatable bonds is 9. The normalized spacial score (nSPS) is 12.2. The van der Waals surface area contributed by atoms with Crippen molar-refractivity contribution in [2.45, 2.75) is 31.7 Å². The molecule has 0 aliphatic rings. The molecule has 2 aromatic carbocycles. The summed E-state index contributed by atoms with van der Waals surface area (Å²) < 4.78 is 23.7. The predicted molar refractivity (Wildman–Crippen MR) is 109 cm³/mol. The molecule has 0 aromatic heterocycles. The number of carbonyl (C=O) groups is 2. The van der Waals surface area contributed by atoms with Gasteiger partial charge in [-0.2, -0.15) is 0 Å². The first kappa shape index (κ1) is 22.5. The third kappa shape index (κ3) is 6.38. The average Bonchev–Trinajstić information content (AvgIpc) is 2.71. The van der Waals surface area contributed by atoms with Gasteiger partial charge in [-0.25, -0.2) is 8.42 Å². The second-order valence-corrected chi connectivity index (χ2v) is 8.14. The van der Waals surface area contributed by atoms with Crippen LogP contribution in [0.15, 0.2) is 53.4 Å². The Hall–Kier alpha value is -2.75. The van der Waals surface area contributed by atoms with Crippen molar-refractivity contribution < 1.29 is 22.8 Å². The number of nitrogens with one attached hydrogen (secondary N) is 3. The highest BCUT2D eigenvalue weighted by molar-refractivity contribution is 7.89. The molecule has 8 nitrogen and oxygen atoms in total. The van der Waals surface area contributed by atoms with E-state index in [9.17, 15) is 18.0 Å². The molecule has 2 amide bonds. The first-order valence-corrected chi connectivity index (χ1v) is 10.6. The summed E-state index contributed by atoms with van der Waals surface area (Å²) in [5.41, 5.74) is 1.81. The van der Waals surface area contributed by atoms with Crippen LogP contribution in [-0.4, -0.2) is 27.3 Å². The quantitative estimate of drug-likeness (QED) is 0.540. The van der Waals surface area contributed by atoms with Gasteiger partial charge < -0.3 is 10.6 Å². The molecular weight excluding hydrogens is 394 g/mol. The van der Waals surface area contributed by atoms with Crippen LogP contribution in [0.25, 0.3) is 0 Å². The van der Waals surface area contributed by atoms with E-state index in [-0.39, 0.29) is 29.2 Å². The summed E-state index contributed by atoms with van der Waals surface area (Å²) >= 11 is 0. The lowest BCUT2D eigenvalue weighted by Crippen LogP contribution is -2.24. The first-order valence-electron chi connectivity index (χ1n) is 9.09. The lowest BCUT2D eigenvalue weighted by atomic mass is 10.1. The number of amides is 2.